The number of anilines is 3. The fraction of sp³-hybridized carbons (Fsp3) is 0.448. The van der Waals surface area contributed by atoms with Gasteiger partial charge in [0.25, 0.3) is 0 Å². The third kappa shape index (κ3) is 7.25. The Balaban J connectivity index is 1.32. The van der Waals surface area contributed by atoms with E-state index in [0.717, 1.165) is 62.5 Å². The standard InChI is InChI=1S/C29H32F5N5O/c30-21-12-18(13-22(31)15-21)17-39-10-8-19(9-11-39)26-16-35-28(37-24-3-1-2-20(14-24)29(32,33)34)38-27(26)36-23-4-6-25(40)7-5-23/h1-3,12-16,19,23,25,40H,4-11,17H2,(H2,35,36,37,38)/t23-,25-. The van der Waals surface area contributed by atoms with Crippen LogP contribution in [0.2, 0.25) is 0 Å². The Labute approximate surface area is 229 Å². The predicted octanol–water partition coefficient (Wildman–Crippen LogP) is 6.61. The first-order valence-corrected chi connectivity index (χ1v) is 13.6. The van der Waals surface area contributed by atoms with Crippen molar-refractivity contribution in [2.45, 2.75) is 69.3 Å². The molecule has 0 atom stereocenters. The lowest BCUT2D eigenvalue weighted by Gasteiger charge is -2.33. The Morgan fingerprint density at radius 2 is 1.62 bits per heavy atom. The van der Waals surface area contributed by atoms with E-state index in [-0.39, 0.29) is 29.7 Å². The van der Waals surface area contributed by atoms with Crippen molar-refractivity contribution in [1.82, 2.24) is 14.9 Å². The van der Waals surface area contributed by atoms with E-state index >= 15 is 0 Å². The largest absolute Gasteiger partial charge is 0.416 e. The van der Waals surface area contributed by atoms with Crippen molar-refractivity contribution in [3.05, 3.63) is 77.0 Å². The van der Waals surface area contributed by atoms with Gasteiger partial charge in [-0.15, -0.1) is 0 Å². The highest BCUT2D eigenvalue weighted by atomic mass is 19.4. The van der Waals surface area contributed by atoms with Crippen molar-refractivity contribution in [2.24, 2.45) is 0 Å². The zero-order valence-corrected chi connectivity index (χ0v) is 21.9. The van der Waals surface area contributed by atoms with Crippen LogP contribution in [0.1, 0.15) is 61.1 Å². The molecule has 1 saturated heterocycles. The van der Waals surface area contributed by atoms with Gasteiger partial charge in [0.05, 0.1) is 11.7 Å². The number of nitrogens with zero attached hydrogens (tertiary/aromatic N) is 3. The van der Waals surface area contributed by atoms with E-state index in [0.29, 0.717) is 30.8 Å². The molecule has 0 amide bonds. The minimum atomic E-state index is -4.46. The predicted molar refractivity (Wildman–Crippen MR) is 142 cm³/mol. The van der Waals surface area contributed by atoms with Crippen LogP contribution in [0.5, 0.6) is 0 Å². The van der Waals surface area contributed by atoms with Gasteiger partial charge in [0.2, 0.25) is 5.95 Å². The molecule has 2 aromatic carbocycles. The van der Waals surface area contributed by atoms with Gasteiger partial charge in [0, 0.05) is 36.1 Å². The van der Waals surface area contributed by atoms with E-state index in [1.807, 2.05) is 0 Å². The highest BCUT2D eigenvalue weighted by Gasteiger charge is 2.31. The van der Waals surface area contributed by atoms with Gasteiger partial charge in [-0.1, -0.05) is 6.07 Å². The molecule has 40 heavy (non-hydrogen) atoms. The highest BCUT2D eigenvalue weighted by Crippen LogP contribution is 2.35. The first kappa shape index (κ1) is 28.2. The van der Waals surface area contributed by atoms with Gasteiger partial charge in [-0.05, 0) is 93.4 Å². The minimum absolute atomic E-state index is 0.112. The van der Waals surface area contributed by atoms with E-state index in [2.05, 4.69) is 25.5 Å². The molecular weight excluding hydrogens is 529 g/mol. The Morgan fingerprint density at radius 3 is 2.30 bits per heavy atom. The van der Waals surface area contributed by atoms with Gasteiger partial charge in [-0.3, -0.25) is 4.90 Å². The molecule has 5 rings (SSSR count). The summed E-state index contributed by atoms with van der Waals surface area (Å²) >= 11 is 0. The van der Waals surface area contributed by atoms with Gasteiger partial charge in [-0.25, -0.2) is 13.8 Å². The number of aliphatic hydroxyl groups excluding tert-OH is 1. The number of halogens is 5. The summed E-state index contributed by atoms with van der Waals surface area (Å²) in [5, 5.41) is 16.3. The van der Waals surface area contributed by atoms with Crippen LogP contribution in [0.3, 0.4) is 0 Å². The maximum atomic E-state index is 13.6. The summed E-state index contributed by atoms with van der Waals surface area (Å²) in [6, 6.07) is 8.57. The second-order valence-electron chi connectivity index (χ2n) is 10.7. The average Bonchev–Trinajstić information content (AvgIpc) is 2.90. The third-order valence-corrected chi connectivity index (χ3v) is 7.66. The number of likely N-dealkylation sites (tertiary alicyclic amines) is 1. The number of aliphatic hydroxyl groups is 1. The fourth-order valence-corrected chi connectivity index (χ4v) is 5.54. The lowest BCUT2D eigenvalue weighted by molar-refractivity contribution is -0.137. The monoisotopic (exact) mass is 561 g/mol. The van der Waals surface area contributed by atoms with Crippen LogP contribution in [0.15, 0.2) is 48.7 Å². The van der Waals surface area contributed by atoms with Crippen LogP contribution < -0.4 is 10.6 Å². The van der Waals surface area contributed by atoms with Crippen LogP contribution in [0.25, 0.3) is 0 Å². The molecule has 2 fully saturated rings. The van der Waals surface area contributed by atoms with Gasteiger partial charge in [-0.2, -0.15) is 18.2 Å². The Kier molecular flexibility index (Phi) is 8.51. The second kappa shape index (κ2) is 12.1. The zero-order chi connectivity index (χ0) is 28.3. The second-order valence-corrected chi connectivity index (χ2v) is 10.7. The Morgan fingerprint density at radius 1 is 0.925 bits per heavy atom. The molecule has 2 heterocycles. The summed E-state index contributed by atoms with van der Waals surface area (Å²) in [6.07, 6.45) is 1.48. The molecule has 0 radical (unpaired) electrons. The molecule has 3 aromatic rings. The third-order valence-electron chi connectivity index (χ3n) is 7.66. The van der Waals surface area contributed by atoms with E-state index in [9.17, 15) is 27.1 Å². The summed E-state index contributed by atoms with van der Waals surface area (Å²) in [6.45, 7) is 1.90. The van der Waals surface area contributed by atoms with Crippen LogP contribution >= 0.6 is 0 Å². The molecule has 6 nitrogen and oxygen atoms in total. The molecule has 1 aromatic heterocycles. The summed E-state index contributed by atoms with van der Waals surface area (Å²) in [5.74, 6) is -0.220. The topological polar surface area (TPSA) is 73.3 Å². The van der Waals surface area contributed by atoms with E-state index in [1.165, 1.54) is 24.3 Å². The number of piperidine rings is 1. The van der Waals surface area contributed by atoms with Crippen molar-refractivity contribution >= 4 is 17.5 Å². The summed E-state index contributed by atoms with van der Waals surface area (Å²) in [5.41, 5.74) is 0.987. The molecule has 2 aliphatic rings. The molecule has 1 saturated carbocycles. The van der Waals surface area contributed by atoms with Gasteiger partial charge < -0.3 is 15.7 Å². The number of benzene rings is 2. The van der Waals surface area contributed by atoms with Crippen molar-refractivity contribution in [2.75, 3.05) is 23.7 Å². The fourth-order valence-electron chi connectivity index (χ4n) is 5.54. The van der Waals surface area contributed by atoms with Crippen LogP contribution in [0.4, 0.5) is 39.4 Å². The quantitative estimate of drug-likeness (QED) is 0.282. The number of nitrogens with one attached hydrogen (secondary N) is 2. The highest BCUT2D eigenvalue weighted by molar-refractivity contribution is 5.58. The van der Waals surface area contributed by atoms with Crippen molar-refractivity contribution in [1.29, 1.82) is 0 Å². The number of alkyl halides is 3. The van der Waals surface area contributed by atoms with Crippen molar-refractivity contribution in [3.63, 3.8) is 0 Å². The zero-order valence-electron chi connectivity index (χ0n) is 21.9. The van der Waals surface area contributed by atoms with Gasteiger partial charge in [0.1, 0.15) is 17.5 Å². The molecule has 1 aliphatic carbocycles. The van der Waals surface area contributed by atoms with Crippen LogP contribution in [-0.2, 0) is 12.7 Å². The molecular formula is C29H32F5N5O. The summed E-state index contributed by atoms with van der Waals surface area (Å²) in [7, 11) is 0. The van der Waals surface area contributed by atoms with E-state index < -0.39 is 23.4 Å². The Hall–Kier alpha value is -3.31. The van der Waals surface area contributed by atoms with Crippen molar-refractivity contribution in [3.8, 4) is 0 Å². The maximum absolute atomic E-state index is 13.6. The summed E-state index contributed by atoms with van der Waals surface area (Å²) in [4.78, 5) is 11.3. The van der Waals surface area contributed by atoms with E-state index in [1.54, 1.807) is 6.20 Å². The van der Waals surface area contributed by atoms with Gasteiger partial charge >= 0.3 is 6.18 Å². The SMILES string of the molecule is O[C@H]1CC[C@H](Nc2nc(Nc3cccc(C(F)(F)F)c3)ncc2C2CCN(Cc3cc(F)cc(F)c3)CC2)CC1. The van der Waals surface area contributed by atoms with Gasteiger partial charge in [0.15, 0.2) is 0 Å². The number of hydrogen-bond donors (Lipinski definition) is 3. The summed E-state index contributed by atoms with van der Waals surface area (Å²) < 4.78 is 66.8. The molecule has 214 valence electrons. The smallest absolute Gasteiger partial charge is 0.393 e. The van der Waals surface area contributed by atoms with E-state index in [4.69, 9.17) is 0 Å². The lowest BCUT2D eigenvalue weighted by atomic mass is 9.89. The minimum Gasteiger partial charge on any atom is -0.393 e. The molecule has 11 heteroatoms. The maximum Gasteiger partial charge on any atom is 0.416 e. The molecule has 0 spiro atoms. The average molecular weight is 562 g/mol. The number of aromatic nitrogens is 2. The first-order valence-electron chi connectivity index (χ1n) is 13.6. The van der Waals surface area contributed by atoms with Crippen LogP contribution in [-0.4, -0.2) is 45.2 Å². The van der Waals surface area contributed by atoms with Crippen LogP contribution in [0, 0.1) is 11.6 Å². The molecule has 3 N–H and O–H groups in total. The number of rotatable bonds is 7. The molecule has 0 unspecified atom stereocenters. The molecule has 0 bridgehead atoms. The molecule has 1 aliphatic heterocycles. The Bertz CT molecular complexity index is 1280. The normalized spacial score (nSPS) is 20.9. The first-order chi connectivity index (χ1) is 19.1. The lowest BCUT2D eigenvalue weighted by Crippen LogP contribution is -2.33. The number of hydrogen-bond acceptors (Lipinski definition) is 6. The van der Waals surface area contributed by atoms with Crippen molar-refractivity contribution < 1.29 is 27.1 Å².